The highest BCUT2D eigenvalue weighted by Gasteiger charge is 2.07. The Bertz CT molecular complexity index is 401. The van der Waals surface area contributed by atoms with Gasteiger partial charge in [0.1, 0.15) is 0 Å². The van der Waals surface area contributed by atoms with E-state index in [1.54, 1.807) is 11.3 Å². The van der Waals surface area contributed by atoms with E-state index in [9.17, 15) is 0 Å². The van der Waals surface area contributed by atoms with E-state index in [1.807, 2.05) is 18.2 Å². The van der Waals surface area contributed by atoms with Crippen LogP contribution in [0.4, 0.5) is 5.13 Å². The lowest BCUT2D eigenvalue weighted by molar-refractivity contribution is 0.703. The van der Waals surface area contributed by atoms with Crippen molar-refractivity contribution in [2.45, 2.75) is 19.4 Å². The van der Waals surface area contributed by atoms with Gasteiger partial charge in [0.15, 0.2) is 5.13 Å². The number of thiazole rings is 1. The molecule has 0 saturated heterocycles. The topological polar surface area (TPSA) is 50.9 Å². The third-order valence-corrected chi connectivity index (χ3v) is 3.37. The summed E-state index contributed by atoms with van der Waals surface area (Å²) in [7, 11) is 0. The first-order chi connectivity index (χ1) is 7.33. The molecule has 0 spiro atoms. The van der Waals surface area contributed by atoms with Gasteiger partial charge in [-0.15, -0.1) is 0 Å². The second-order valence-electron chi connectivity index (χ2n) is 3.47. The SMILES string of the molecule is CCC(CN)Nc1nc2ccccc2s1. The third-order valence-electron chi connectivity index (χ3n) is 2.40. The molecule has 0 aliphatic carbocycles. The molecule has 0 saturated carbocycles. The number of hydrogen-bond acceptors (Lipinski definition) is 4. The smallest absolute Gasteiger partial charge is 0.184 e. The number of anilines is 1. The minimum atomic E-state index is 0.325. The Hall–Kier alpha value is -1.13. The van der Waals surface area contributed by atoms with E-state index in [4.69, 9.17) is 5.73 Å². The van der Waals surface area contributed by atoms with Crippen LogP contribution in [0.2, 0.25) is 0 Å². The molecule has 2 aromatic rings. The van der Waals surface area contributed by atoms with Crippen LogP contribution < -0.4 is 11.1 Å². The summed E-state index contributed by atoms with van der Waals surface area (Å²) in [6.07, 6.45) is 1.02. The molecule has 0 fully saturated rings. The Morgan fingerprint density at radius 3 is 2.93 bits per heavy atom. The van der Waals surface area contributed by atoms with Gasteiger partial charge in [-0.1, -0.05) is 30.4 Å². The normalized spacial score (nSPS) is 12.9. The zero-order valence-electron chi connectivity index (χ0n) is 8.73. The van der Waals surface area contributed by atoms with E-state index in [-0.39, 0.29) is 0 Å². The van der Waals surface area contributed by atoms with E-state index in [0.29, 0.717) is 12.6 Å². The van der Waals surface area contributed by atoms with Crippen LogP contribution in [0, 0.1) is 0 Å². The molecule has 0 radical (unpaired) electrons. The van der Waals surface area contributed by atoms with Crippen LogP contribution in [0.5, 0.6) is 0 Å². The van der Waals surface area contributed by atoms with Crippen molar-refractivity contribution in [2.75, 3.05) is 11.9 Å². The monoisotopic (exact) mass is 221 g/mol. The van der Waals surface area contributed by atoms with Gasteiger partial charge >= 0.3 is 0 Å². The Labute approximate surface area is 93.3 Å². The molecule has 0 amide bonds. The molecule has 1 aromatic carbocycles. The average Bonchev–Trinajstić information content (AvgIpc) is 2.68. The molecule has 1 aromatic heterocycles. The van der Waals surface area contributed by atoms with Crippen LogP contribution in [0.3, 0.4) is 0 Å². The maximum atomic E-state index is 5.64. The Morgan fingerprint density at radius 2 is 2.27 bits per heavy atom. The van der Waals surface area contributed by atoms with Gasteiger partial charge in [0.2, 0.25) is 0 Å². The van der Waals surface area contributed by atoms with Gasteiger partial charge in [0.05, 0.1) is 10.2 Å². The summed E-state index contributed by atoms with van der Waals surface area (Å²) in [5, 5.41) is 4.32. The summed E-state index contributed by atoms with van der Waals surface area (Å²) in [4.78, 5) is 4.50. The van der Waals surface area contributed by atoms with Crippen LogP contribution in [0.15, 0.2) is 24.3 Å². The van der Waals surface area contributed by atoms with Crippen molar-refractivity contribution in [2.24, 2.45) is 5.73 Å². The number of nitrogens with two attached hydrogens (primary N) is 1. The summed E-state index contributed by atoms with van der Waals surface area (Å²) in [6.45, 7) is 2.77. The van der Waals surface area contributed by atoms with Crippen molar-refractivity contribution >= 4 is 26.7 Å². The second kappa shape index (κ2) is 4.59. The van der Waals surface area contributed by atoms with Crippen LogP contribution >= 0.6 is 11.3 Å². The molecule has 0 aliphatic heterocycles. The minimum Gasteiger partial charge on any atom is -0.357 e. The quantitative estimate of drug-likeness (QED) is 0.833. The van der Waals surface area contributed by atoms with Crippen molar-refractivity contribution in [1.29, 1.82) is 0 Å². The number of para-hydroxylation sites is 1. The van der Waals surface area contributed by atoms with Crippen molar-refractivity contribution in [3.63, 3.8) is 0 Å². The summed E-state index contributed by atoms with van der Waals surface area (Å²) in [6, 6.07) is 8.48. The molecule has 15 heavy (non-hydrogen) atoms. The number of benzene rings is 1. The van der Waals surface area contributed by atoms with Gasteiger partial charge in [-0.25, -0.2) is 4.98 Å². The number of rotatable bonds is 4. The van der Waals surface area contributed by atoms with E-state index in [2.05, 4.69) is 23.3 Å². The van der Waals surface area contributed by atoms with Crippen LogP contribution in [-0.2, 0) is 0 Å². The molecule has 80 valence electrons. The average molecular weight is 221 g/mol. The van der Waals surface area contributed by atoms with Crippen molar-refractivity contribution in [3.8, 4) is 0 Å². The number of aromatic nitrogens is 1. The summed E-state index contributed by atoms with van der Waals surface area (Å²) in [5.74, 6) is 0. The van der Waals surface area contributed by atoms with Crippen molar-refractivity contribution in [3.05, 3.63) is 24.3 Å². The van der Waals surface area contributed by atoms with Gasteiger partial charge < -0.3 is 11.1 Å². The molecular formula is C11H15N3S. The molecular weight excluding hydrogens is 206 g/mol. The standard InChI is InChI=1S/C11H15N3S/c1-2-8(7-12)13-11-14-9-5-3-4-6-10(9)15-11/h3-6,8H,2,7,12H2,1H3,(H,13,14). The highest BCUT2D eigenvalue weighted by atomic mass is 32.1. The van der Waals surface area contributed by atoms with Gasteiger partial charge in [0.25, 0.3) is 0 Å². The second-order valence-corrected chi connectivity index (χ2v) is 4.50. The molecule has 0 aliphatic rings. The van der Waals surface area contributed by atoms with Crippen molar-refractivity contribution in [1.82, 2.24) is 4.98 Å². The molecule has 2 rings (SSSR count). The van der Waals surface area contributed by atoms with E-state index in [0.717, 1.165) is 17.1 Å². The lowest BCUT2D eigenvalue weighted by atomic mass is 10.2. The van der Waals surface area contributed by atoms with Crippen LogP contribution in [-0.4, -0.2) is 17.6 Å². The Morgan fingerprint density at radius 1 is 1.47 bits per heavy atom. The molecule has 4 heteroatoms. The molecule has 1 heterocycles. The molecule has 0 bridgehead atoms. The Balaban J connectivity index is 2.21. The van der Waals surface area contributed by atoms with E-state index >= 15 is 0 Å². The van der Waals surface area contributed by atoms with Crippen LogP contribution in [0.1, 0.15) is 13.3 Å². The third kappa shape index (κ3) is 2.27. The lowest BCUT2D eigenvalue weighted by Crippen LogP contribution is -2.27. The summed E-state index contributed by atoms with van der Waals surface area (Å²) in [5.41, 5.74) is 6.69. The van der Waals surface area contributed by atoms with Gasteiger partial charge in [-0.2, -0.15) is 0 Å². The van der Waals surface area contributed by atoms with Crippen LogP contribution in [0.25, 0.3) is 10.2 Å². The molecule has 3 nitrogen and oxygen atoms in total. The van der Waals surface area contributed by atoms with Gasteiger partial charge in [-0.3, -0.25) is 0 Å². The van der Waals surface area contributed by atoms with E-state index in [1.165, 1.54) is 4.70 Å². The fourth-order valence-corrected chi connectivity index (χ4v) is 2.38. The maximum absolute atomic E-state index is 5.64. The fraction of sp³-hybridized carbons (Fsp3) is 0.364. The van der Waals surface area contributed by atoms with Crippen molar-refractivity contribution < 1.29 is 0 Å². The number of nitrogens with one attached hydrogen (secondary N) is 1. The number of nitrogens with zero attached hydrogens (tertiary/aromatic N) is 1. The first-order valence-corrected chi connectivity index (χ1v) is 5.97. The zero-order chi connectivity index (χ0) is 10.7. The largest absolute Gasteiger partial charge is 0.357 e. The zero-order valence-corrected chi connectivity index (χ0v) is 9.55. The first-order valence-electron chi connectivity index (χ1n) is 5.15. The fourth-order valence-electron chi connectivity index (χ4n) is 1.44. The molecule has 1 atom stereocenters. The molecule has 3 N–H and O–H groups in total. The highest BCUT2D eigenvalue weighted by molar-refractivity contribution is 7.22. The number of hydrogen-bond donors (Lipinski definition) is 2. The van der Waals surface area contributed by atoms with E-state index < -0.39 is 0 Å². The first kappa shape index (κ1) is 10.4. The summed E-state index contributed by atoms with van der Waals surface area (Å²) >= 11 is 1.68. The van der Waals surface area contributed by atoms with Gasteiger partial charge in [0, 0.05) is 12.6 Å². The van der Waals surface area contributed by atoms with Gasteiger partial charge in [-0.05, 0) is 18.6 Å². The maximum Gasteiger partial charge on any atom is 0.184 e. The number of fused-ring (bicyclic) bond motifs is 1. The predicted molar refractivity (Wildman–Crippen MR) is 66.4 cm³/mol. The predicted octanol–water partition coefficient (Wildman–Crippen LogP) is 2.45. The minimum absolute atomic E-state index is 0.325. The summed E-state index contributed by atoms with van der Waals surface area (Å²) < 4.78 is 1.21. The Kier molecular flexibility index (Phi) is 3.18. The molecule has 1 unspecified atom stereocenters. The lowest BCUT2D eigenvalue weighted by Gasteiger charge is -2.12. The highest BCUT2D eigenvalue weighted by Crippen LogP contribution is 2.25.